The number of amides is 3. The molecule has 2 N–H and O–H groups in total. The van der Waals surface area contributed by atoms with Crippen molar-refractivity contribution in [2.45, 2.75) is 39.5 Å². The number of urea groups is 1. The molecule has 1 aromatic heterocycles. The lowest BCUT2D eigenvalue weighted by Crippen LogP contribution is -2.42. The molecular weight excluding hydrogens is 330 g/mol. The van der Waals surface area contributed by atoms with Crippen LogP contribution in [-0.4, -0.2) is 55.0 Å². The summed E-state index contributed by atoms with van der Waals surface area (Å²) >= 11 is 0. The minimum Gasteiger partial charge on any atom is -0.355 e. The van der Waals surface area contributed by atoms with Gasteiger partial charge in [-0.15, -0.1) is 0 Å². The number of nitrogens with zero attached hydrogens (tertiary/aromatic N) is 3. The molecular formula is C19H31N5O2. The number of pyridine rings is 1. The number of anilines is 2. The lowest BCUT2D eigenvalue weighted by Gasteiger charge is -2.34. The molecule has 1 aliphatic rings. The maximum Gasteiger partial charge on any atom is 0.319 e. The van der Waals surface area contributed by atoms with Gasteiger partial charge in [-0.05, 0) is 37.8 Å². The Morgan fingerprint density at radius 3 is 2.65 bits per heavy atom. The highest BCUT2D eigenvalue weighted by Crippen LogP contribution is 2.28. The second kappa shape index (κ2) is 9.99. The Hall–Kier alpha value is -2.31. The van der Waals surface area contributed by atoms with Gasteiger partial charge in [-0.1, -0.05) is 13.8 Å². The van der Waals surface area contributed by atoms with Crippen LogP contribution in [0.4, 0.5) is 16.3 Å². The van der Waals surface area contributed by atoms with Crippen LogP contribution in [0.25, 0.3) is 0 Å². The van der Waals surface area contributed by atoms with Gasteiger partial charge in [-0.25, -0.2) is 9.78 Å². The summed E-state index contributed by atoms with van der Waals surface area (Å²) < 4.78 is 0. The fourth-order valence-corrected chi connectivity index (χ4v) is 3.25. The zero-order valence-electron chi connectivity index (χ0n) is 16.1. The number of hydrogen-bond acceptors (Lipinski definition) is 4. The van der Waals surface area contributed by atoms with Crippen LogP contribution < -0.4 is 15.5 Å². The molecule has 1 fully saturated rings. The molecule has 1 aromatic rings. The molecule has 26 heavy (non-hydrogen) atoms. The zero-order valence-corrected chi connectivity index (χ0v) is 16.1. The molecule has 0 spiro atoms. The van der Waals surface area contributed by atoms with Gasteiger partial charge in [0.05, 0.1) is 5.69 Å². The Labute approximate surface area is 156 Å². The van der Waals surface area contributed by atoms with Crippen molar-refractivity contribution in [1.82, 2.24) is 15.2 Å². The normalized spacial score (nSPS) is 14.8. The summed E-state index contributed by atoms with van der Waals surface area (Å²) in [6, 6.07) is 3.46. The van der Waals surface area contributed by atoms with Gasteiger partial charge >= 0.3 is 6.03 Å². The summed E-state index contributed by atoms with van der Waals surface area (Å²) in [6.45, 7) is 7.07. The molecule has 0 unspecified atom stereocenters. The van der Waals surface area contributed by atoms with Gasteiger partial charge in [0.25, 0.3) is 0 Å². The maximum atomic E-state index is 12.5. The van der Waals surface area contributed by atoms with Gasteiger partial charge in [-0.3, -0.25) is 4.79 Å². The van der Waals surface area contributed by atoms with E-state index in [-0.39, 0.29) is 17.9 Å². The van der Waals surface area contributed by atoms with Gasteiger partial charge in [0.15, 0.2) is 5.82 Å². The number of aromatic nitrogens is 1. The highest BCUT2D eigenvalue weighted by molar-refractivity contribution is 5.92. The number of rotatable bonds is 7. The van der Waals surface area contributed by atoms with Crippen molar-refractivity contribution in [3.63, 3.8) is 0 Å². The first-order valence-corrected chi connectivity index (χ1v) is 9.56. The standard InChI is InChI=1S/C19H31N5O2/c1-4-10-21-19(26)22-16-7-6-11-20-17(16)24-13-8-15(9-14-24)18(25)23(3)12-5-2/h6-7,11,15H,4-5,8-10,12-14H2,1-3H3,(H2,21,22,26). The van der Waals surface area contributed by atoms with Crippen molar-refractivity contribution in [1.29, 1.82) is 0 Å². The Morgan fingerprint density at radius 1 is 1.27 bits per heavy atom. The third-order valence-electron chi connectivity index (χ3n) is 4.65. The van der Waals surface area contributed by atoms with E-state index in [1.807, 2.05) is 31.0 Å². The first kappa shape index (κ1) is 20.0. The Kier molecular flexibility index (Phi) is 7.69. The summed E-state index contributed by atoms with van der Waals surface area (Å²) in [5, 5.41) is 5.69. The third kappa shape index (κ3) is 5.34. The molecule has 1 aliphatic heterocycles. The second-order valence-electron chi connectivity index (χ2n) is 6.78. The minimum absolute atomic E-state index is 0.0794. The van der Waals surface area contributed by atoms with E-state index in [0.29, 0.717) is 12.2 Å². The molecule has 7 heteroatoms. The molecule has 2 rings (SSSR count). The van der Waals surface area contributed by atoms with Crippen molar-refractivity contribution >= 4 is 23.4 Å². The molecule has 0 aromatic carbocycles. The van der Waals surface area contributed by atoms with Crippen LogP contribution in [0.1, 0.15) is 39.5 Å². The first-order chi connectivity index (χ1) is 12.6. The smallest absolute Gasteiger partial charge is 0.319 e. The van der Waals surface area contributed by atoms with Gasteiger partial charge in [0, 0.05) is 45.3 Å². The number of piperidine rings is 1. The number of hydrogen-bond donors (Lipinski definition) is 2. The van der Waals surface area contributed by atoms with Crippen LogP contribution in [-0.2, 0) is 4.79 Å². The molecule has 0 saturated carbocycles. The van der Waals surface area contributed by atoms with Crippen LogP contribution >= 0.6 is 0 Å². The highest BCUT2D eigenvalue weighted by atomic mass is 16.2. The molecule has 144 valence electrons. The van der Waals surface area contributed by atoms with Crippen molar-refractivity contribution in [3.8, 4) is 0 Å². The van der Waals surface area contributed by atoms with Crippen molar-refractivity contribution in [2.24, 2.45) is 5.92 Å². The summed E-state index contributed by atoms with van der Waals surface area (Å²) in [5.41, 5.74) is 0.703. The lowest BCUT2D eigenvalue weighted by atomic mass is 9.95. The Bertz CT molecular complexity index is 599. The van der Waals surface area contributed by atoms with E-state index in [4.69, 9.17) is 0 Å². The molecule has 0 aliphatic carbocycles. The predicted octanol–water partition coefficient (Wildman–Crippen LogP) is 2.70. The van der Waals surface area contributed by atoms with Gasteiger partial charge in [-0.2, -0.15) is 0 Å². The lowest BCUT2D eigenvalue weighted by molar-refractivity contribution is -0.134. The Balaban J connectivity index is 1.97. The fraction of sp³-hybridized carbons (Fsp3) is 0.632. The molecule has 0 atom stereocenters. The summed E-state index contributed by atoms with van der Waals surface area (Å²) in [7, 11) is 1.88. The number of carbonyl (C=O) groups excluding carboxylic acids is 2. The van der Waals surface area contributed by atoms with E-state index in [1.54, 1.807) is 6.20 Å². The molecule has 7 nitrogen and oxygen atoms in total. The molecule has 3 amide bonds. The summed E-state index contributed by atoms with van der Waals surface area (Å²) in [4.78, 5) is 32.9. The quantitative estimate of drug-likeness (QED) is 0.783. The molecule has 2 heterocycles. The fourth-order valence-electron chi connectivity index (χ4n) is 3.25. The topological polar surface area (TPSA) is 77.6 Å². The SMILES string of the molecule is CCCNC(=O)Nc1cccnc1N1CCC(C(=O)N(C)CCC)CC1. The highest BCUT2D eigenvalue weighted by Gasteiger charge is 2.28. The average Bonchev–Trinajstić information content (AvgIpc) is 2.66. The van der Waals surface area contributed by atoms with Gasteiger partial charge in [0.2, 0.25) is 5.91 Å². The van der Waals surface area contributed by atoms with E-state index < -0.39 is 0 Å². The van der Waals surface area contributed by atoms with Crippen LogP contribution in [0.15, 0.2) is 18.3 Å². The van der Waals surface area contributed by atoms with Gasteiger partial charge in [0.1, 0.15) is 0 Å². The zero-order chi connectivity index (χ0) is 18.9. The van der Waals surface area contributed by atoms with Crippen LogP contribution in [0.5, 0.6) is 0 Å². The average molecular weight is 361 g/mol. The monoisotopic (exact) mass is 361 g/mol. The van der Waals surface area contributed by atoms with E-state index in [0.717, 1.165) is 51.1 Å². The van der Waals surface area contributed by atoms with E-state index >= 15 is 0 Å². The molecule has 0 radical (unpaired) electrons. The van der Waals surface area contributed by atoms with E-state index in [2.05, 4.69) is 27.4 Å². The molecule has 1 saturated heterocycles. The van der Waals surface area contributed by atoms with Crippen LogP contribution in [0, 0.1) is 5.92 Å². The minimum atomic E-state index is -0.215. The van der Waals surface area contributed by atoms with Crippen molar-refractivity contribution < 1.29 is 9.59 Å². The van der Waals surface area contributed by atoms with Crippen molar-refractivity contribution in [2.75, 3.05) is 43.4 Å². The predicted molar refractivity (Wildman–Crippen MR) is 104 cm³/mol. The Morgan fingerprint density at radius 2 is 2.00 bits per heavy atom. The number of carbonyl (C=O) groups is 2. The van der Waals surface area contributed by atoms with Crippen LogP contribution in [0.3, 0.4) is 0 Å². The molecule has 0 bridgehead atoms. The second-order valence-corrected chi connectivity index (χ2v) is 6.78. The summed E-state index contributed by atoms with van der Waals surface area (Å²) in [6.07, 6.45) is 5.22. The maximum absolute atomic E-state index is 12.5. The summed E-state index contributed by atoms with van der Waals surface area (Å²) in [5.74, 6) is 1.09. The number of nitrogens with one attached hydrogen (secondary N) is 2. The van der Waals surface area contributed by atoms with Crippen molar-refractivity contribution in [3.05, 3.63) is 18.3 Å². The van der Waals surface area contributed by atoms with E-state index in [1.165, 1.54) is 0 Å². The first-order valence-electron chi connectivity index (χ1n) is 9.56. The van der Waals surface area contributed by atoms with E-state index in [9.17, 15) is 9.59 Å². The third-order valence-corrected chi connectivity index (χ3v) is 4.65. The largest absolute Gasteiger partial charge is 0.355 e. The van der Waals surface area contributed by atoms with Gasteiger partial charge < -0.3 is 20.4 Å². The van der Waals surface area contributed by atoms with Crippen LogP contribution in [0.2, 0.25) is 0 Å².